The smallest absolute Gasteiger partial charge is 0.234 e. The summed E-state index contributed by atoms with van der Waals surface area (Å²) < 4.78 is 13.5. The first-order valence-electron chi connectivity index (χ1n) is 8.88. The van der Waals surface area contributed by atoms with Crippen molar-refractivity contribution in [2.75, 3.05) is 44.2 Å². The average Bonchev–Trinajstić information content (AvgIpc) is 2.65. The number of amides is 1. The molecule has 1 amide bonds. The van der Waals surface area contributed by atoms with Crippen molar-refractivity contribution in [3.8, 4) is 5.75 Å². The molecule has 138 valence electrons. The maximum Gasteiger partial charge on any atom is 0.234 e. The summed E-state index contributed by atoms with van der Waals surface area (Å²) in [5.41, 5.74) is 1.70. The molecule has 5 nitrogen and oxygen atoms in total. The minimum Gasteiger partial charge on any atom is -0.508 e. The minimum atomic E-state index is -0.230. The fraction of sp³-hybridized carbons (Fsp3) is 0.350. The summed E-state index contributed by atoms with van der Waals surface area (Å²) in [6, 6.07) is 13.8. The second kappa shape index (κ2) is 8.67. The van der Waals surface area contributed by atoms with Crippen molar-refractivity contribution in [2.24, 2.45) is 0 Å². The number of phenols is 1. The Morgan fingerprint density at radius 2 is 1.73 bits per heavy atom. The predicted octanol–water partition coefficient (Wildman–Crippen LogP) is 2.01. The van der Waals surface area contributed by atoms with Crippen LogP contribution in [0, 0.1) is 5.82 Å². The molecular weight excluding hydrogens is 333 g/mol. The van der Waals surface area contributed by atoms with Gasteiger partial charge in [0.25, 0.3) is 0 Å². The maximum absolute atomic E-state index is 13.5. The van der Waals surface area contributed by atoms with E-state index in [1.165, 1.54) is 6.07 Å². The zero-order chi connectivity index (χ0) is 18.4. The summed E-state index contributed by atoms with van der Waals surface area (Å²) >= 11 is 0. The van der Waals surface area contributed by atoms with E-state index in [0.717, 1.165) is 31.9 Å². The summed E-state index contributed by atoms with van der Waals surface area (Å²) in [5.74, 6) is 0.00552. The number of aromatic hydroxyl groups is 1. The Morgan fingerprint density at radius 1 is 1.04 bits per heavy atom. The van der Waals surface area contributed by atoms with Crippen molar-refractivity contribution in [3.63, 3.8) is 0 Å². The van der Waals surface area contributed by atoms with Gasteiger partial charge in [-0.15, -0.1) is 0 Å². The van der Waals surface area contributed by atoms with Crippen molar-refractivity contribution in [1.29, 1.82) is 0 Å². The largest absolute Gasteiger partial charge is 0.508 e. The number of hydrogen-bond acceptors (Lipinski definition) is 4. The van der Waals surface area contributed by atoms with Gasteiger partial charge in [0.05, 0.1) is 6.54 Å². The van der Waals surface area contributed by atoms with Gasteiger partial charge in [0.1, 0.15) is 11.6 Å². The highest BCUT2D eigenvalue weighted by molar-refractivity contribution is 5.78. The molecule has 0 saturated carbocycles. The van der Waals surface area contributed by atoms with Crippen molar-refractivity contribution in [3.05, 3.63) is 59.9 Å². The molecule has 0 aromatic heterocycles. The van der Waals surface area contributed by atoms with E-state index >= 15 is 0 Å². The molecule has 0 unspecified atom stereocenters. The highest BCUT2D eigenvalue weighted by Crippen LogP contribution is 2.19. The number of rotatable bonds is 6. The SMILES string of the molecule is O=C(CN1CCN(c2ccc(O)cc2)CC1)NCCc1ccccc1F. The number of anilines is 1. The van der Waals surface area contributed by atoms with Gasteiger partial charge < -0.3 is 15.3 Å². The lowest BCUT2D eigenvalue weighted by Crippen LogP contribution is -2.49. The van der Waals surface area contributed by atoms with Crippen LogP contribution in [0.25, 0.3) is 0 Å². The average molecular weight is 357 g/mol. The van der Waals surface area contributed by atoms with Gasteiger partial charge in [-0.25, -0.2) is 4.39 Å². The van der Waals surface area contributed by atoms with Gasteiger partial charge in [-0.05, 0) is 42.3 Å². The third-order valence-corrected chi connectivity index (χ3v) is 4.63. The van der Waals surface area contributed by atoms with Crippen LogP contribution in [0.5, 0.6) is 5.75 Å². The Hall–Kier alpha value is -2.60. The summed E-state index contributed by atoms with van der Waals surface area (Å²) in [6.45, 7) is 4.09. The maximum atomic E-state index is 13.5. The molecule has 1 aliphatic rings. The second-order valence-corrected chi connectivity index (χ2v) is 6.47. The summed E-state index contributed by atoms with van der Waals surface area (Å²) in [5, 5.41) is 12.2. The Kier molecular flexibility index (Phi) is 6.07. The van der Waals surface area contributed by atoms with Crippen LogP contribution in [0.4, 0.5) is 10.1 Å². The van der Waals surface area contributed by atoms with Crippen LogP contribution in [-0.2, 0) is 11.2 Å². The van der Waals surface area contributed by atoms with E-state index < -0.39 is 0 Å². The Labute approximate surface area is 153 Å². The Balaban J connectivity index is 1.38. The Morgan fingerprint density at radius 3 is 2.42 bits per heavy atom. The molecule has 1 fully saturated rings. The van der Waals surface area contributed by atoms with E-state index in [9.17, 15) is 14.3 Å². The highest BCUT2D eigenvalue weighted by atomic mass is 19.1. The van der Waals surface area contributed by atoms with Gasteiger partial charge >= 0.3 is 0 Å². The lowest BCUT2D eigenvalue weighted by molar-refractivity contribution is -0.122. The van der Waals surface area contributed by atoms with Crippen LogP contribution in [-0.4, -0.2) is 55.2 Å². The molecule has 0 spiro atoms. The molecular formula is C20H24FN3O2. The van der Waals surface area contributed by atoms with Crippen LogP contribution in [0.15, 0.2) is 48.5 Å². The molecule has 3 rings (SSSR count). The molecule has 0 aliphatic carbocycles. The molecule has 0 radical (unpaired) electrons. The fourth-order valence-corrected chi connectivity index (χ4v) is 3.12. The standard InChI is InChI=1S/C20H24FN3O2/c21-19-4-2-1-3-16(19)9-10-22-20(26)15-23-11-13-24(14-12-23)17-5-7-18(25)8-6-17/h1-8,25H,9-15H2,(H,22,26). The summed E-state index contributed by atoms with van der Waals surface area (Å²) in [4.78, 5) is 16.4. The lowest BCUT2D eigenvalue weighted by Gasteiger charge is -2.35. The molecule has 1 aliphatic heterocycles. The third-order valence-electron chi connectivity index (χ3n) is 4.63. The number of benzene rings is 2. The quantitative estimate of drug-likeness (QED) is 0.830. The molecule has 2 aromatic rings. The van der Waals surface area contributed by atoms with E-state index in [1.807, 2.05) is 12.1 Å². The van der Waals surface area contributed by atoms with Gasteiger partial charge in [0, 0.05) is 38.4 Å². The zero-order valence-electron chi connectivity index (χ0n) is 14.7. The predicted molar refractivity (Wildman–Crippen MR) is 99.9 cm³/mol. The van der Waals surface area contributed by atoms with Crippen LogP contribution in [0.1, 0.15) is 5.56 Å². The fourth-order valence-electron chi connectivity index (χ4n) is 3.12. The van der Waals surface area contributed by atoms with Crippen molar-refractivity contribution >= 4 is 11.6 Å². The van der Waals surface area contributed by atoms with Gasteiger partial charge in [-0.2, -0.15) is 0 Å². The third kappa shape index (κ3) is 4.95. The first-order chi connectivity index (χ1) is 12.6. The number of carbonyl (C=O) groups excluding carboxylic acids is 1. The molecule has 2 N–H and O–H groups in total. The van der Waals surface area contributed by atoms with Crippen LogP contribution in [0.3, 0.4) is 0 Å². The lowest BCUT2D eigenvalue weighted by atomic mass is 10.1. The number of halogens is 1. The van der Waals surface area contributed by atoms with Crippen molar-refractivity contribution in [1.82, 2.24) is 10.2 Å². The monoisotopic (exact) mass is 357 g/mol. The van der Waals surface area contributed by atoms with Crippen molar-refractivity contribution in [2.45, 2.75) is 6.42 Å². The van der Waals surface area contributed by atoms with Crippen LogP contribution >= 0.6 is 0 Å². The number of hydrogen-bond donors (Lipinski definition) is 2. The highest BCUT2D eigenvalue weighted by Gasteiger charge is 2.19. The number of carbonyl (C=O) groups is 1. The normalized spacial score (nSPS) is 15.0. The molecule has 1 saturated heterocycles. The zero-order valence-corrected chi connectivity index (χ0v) is 14.7. The minimum absolute atomic E-state index is 0.0283. The first kappa shape index (κ1) is 18.2. The van der Waals surface area contributed by atoms with E-state index in [4.69, 9.17) is 0 Å². The number of nitrogens with zero attached hydrogens (tertiary/aromatic N) is 2. The van der Waals surface area contributed by atoms with Crippen molar-refractivity contribution < 1.29 is 14.3 Å². The first-order valence-corrected chi connectivity index (χ1v) is 8.88. The number of nitrogens with one attached hydrogen (secondary N) is 1. The van der Waals surface area contributed by atoms with E-state index in [2.05, 4.69) is 15.1 Å². The van der Waals surface area contributed by atoms with Gasteiger partial charge in [-0.1, -0.05) is 18.2 Å². The van der Waals surface area contributed by atoms with Crippen LogP contribution < -0.4 is 10.2 Å². The number of piperazine rings is 1. The van der Waals surface area contributed by atoms with Gasteiger partial charge in [0.15, 0.2) is 0 Å². The summed E-state index contributed by atoms with van der Waals surface area (Å²) in [6.07, 6.45) is 0.493. The van der Waals surface area contributed by atoms with Gasteiger partial charge in [-0.3, -0.25) is 9.69 Å². The molecule has 1 heterocycles. The molecule has 6 heteroatoms. The molecule has 0 bridgehead atoms. The van der Waals surface area contributed by atoms with Crippen LogP contribution in [0.2, 0.25) is 0 Å². The summed E-state index contributed by atoms with van der Waals surface area (Å²) in [7, 11) is 0. The molecule has 2 aromatic carbocycles. The van der Waals surface area contributed by atoms with Gasteiger partial charge in [0.2, 0.25) is 5.91 Å². The van der Waals surface area contributed by atoms with E-state index in [-0.39, 0.29) is 17.5 Å². The van der Waals surface area contributed by atoms with E-state index in [0.29, 0.717) is 25.1 Å². The molecule has 0 atom stereocenters. The Bertz CT molecular complexity index is 728. The number of phenolic OH excluding ortho intramolecular Hbond substituents is 1. The van der Waals surface area contributed by atoms with E-state index in [1.54, 1.807) is 30.3 Å². The second-order valence-electron chi connectivity index (χ2n) is 6.47. The molecule has 26 heavy (non-hydrogen) atoms. The topological polar surface area (TPSA) is 55.8 Å².